The van der Waals surface area contributed by atoms with E-state index in [0.717, 1.165) is 15.9 Å². The Balaban J connectivity index is 2.30. The monoisotopic (exact) mass is 313 g/mol. The van der Waals surface area contributed by atoms with Crippen LogP contribution in [0.15, 0.2) is 16.7 Å². The Kier molecular flexibility index (Phi) is 4.19. The number of rotatable bonds is 2. The van der Waals surface area contributed by atoms with Crippen molar-refractivity contribution in [3.8, 4) is 0 Å². The molecule has 1 amide bonds. The summed E-state index contributed by atoms with van der Waals surface area (Å²) in [7, 11) is 1.64. The first-order valence-electron chi connectivity index (χ1n) is 5.81. The Labute approximate surface area is 115 Å². The number of carbonyl (C=O) groups is 1. The SMILES string of the molecule is CNC(=O)C1COCCN1c1ncc(Br)cc1C. The van der Waals surface area contributed by atoms with E-state index in [4.69, 9.17) is 4.74 Å². The molecule has 1 N–H and O–H groups in total. The molecule has 1 fully saturated rings. The van der Waals surface area contributed by atoms with Crippen LogP contribution in [0.3, 0.4) is 0 Å². The van der Waals surface area contributed by atoms with E-state index in [1.165, 1.54) is 0 Å². The van der Waals surface area contributed by atoms with Crippen LogP contribution in [-0.2, 0) is 9.53 Å². The Morgan fingerprint density at radius 1 is 1.67 bits per heavy atom. The van der Waals surface area contributed by atoms with E-state index in [2.05, 4.69) is 26.2 Å². The fraction of sp³-hybridized carbons (Fsp3) is 0.500. The number of carbonyl (C=O) groups excluding carboxylic acids is 1. The van der Waals surface area contributed by atoms with E-state index in [-0.39, 0.29) is 11.9 Å². The third-order valence-electron chi connectivity index (χ3n) is 2.97. The molecule has 18 heavy (non-hydrogen) atoms. The van der Waals surface area contributed by atoms with Crippen molar-refractivity contribution in [1.29, 1.82) is 0 Å². The van der Waals surface area contributed by atoms with Crippen molar-refractivity contribution in [2.24, 2.45) is 0 Å². The number of hydrogen-bond donors (Lipinski definition) is 1. The number of anilines is 1. The molecule has 5 nitrogen and oxygen atoms in total. The van der Waals surface area contributed by atoms with Gasteiger partial charge >= 0.3 is 0 Å². The molecular formula is C12H16BrN3O2. The van der Waals surface area contributed by atoms with Gasteiger partial charge in [0.25, 0.3) is 0 Å². The van der Waals surface area contributed by atoms with Crippen LogP contribution in [0.5, 0.6) is 0 Å². The second kappa shape index (κ2) is 5.67. The molecular weight excluding hydrogens is 298 g/mol. The standard InChI is InChI=1S/C12H16BrN3O2/c1-8-5-9(13)6-15-11(8)16-3-4-18-7-10(16)12(17)14-2/h5-6,10H,3-4,7H2,1-2H3,(H,14,17). The number of likely N-dealkylation sites (N-methyl/N-ethyl adjacent to an activating group) is 1. The minimum absolute atomic E-state index is 0.0428. The zero-order valence-electron chi connectivity index (χ0n) is 10.4. The molecule has 0 bridgehead atoms. The van der Waals surface area contributed by atoms with Gasteiger partial charge in [-0.3, -0.25) is 4.79 Å². The molecule has 98 valence electrons. The van der Waals surface area contributed by atoms with E-state index in [1.807, 2.05) is 17.9 Å². The minimum atomic E-state index is -0.309. The molecule has 1 aromatic heterocycles. The number of nitrogens with one attached hydrogen (secondary N) is 1. The lowest BCUT2D eigenvalue weighted by molar-refractivity contribution is -0.124. The van der Waals surface area contributed by atoms with E-state index in [9.17, 15) is 4.79 Å². The maximum Gasteiger partial charge on any atom is 0.244 e. The normalized spacial score (nSPS) is 19.7. The smallest absolute Gasteiger partial charge is 0.244 e. The molecule has 0 saturated carbocycles. The molecule has 1 aliphatic rings. The maximum absolute atomic E-state index is 11.9. The fourth-order valence-electron chi connectivity index (χ4n) is 2.07. The minimum Gasteiger partial charge on any atom is -0.377 e. The van der Waals surface area contributed by atoms with Crippen LogP contribution in [0.1, 0.15) is 5.56 Å². The lowest BCUT2D eigenvalue weighted by Crippen LogP contribution is -2.53. The molecule has 1 unspecified atom stereocenters. The van der Waals surface area contributed by atoms with Gasteiger partial charge in [-0.05, 0) is 34.5 Å². The van der Waals surface area contributed by atoms with Crippen LogP contribution in [0.25, 0.3) is 0 Å². The van der Waals surface area contributed by atoms with Crippen LogP contribution in [-0.4, -0.2) is 43.7 Å². The molecule has 6 heteroatoms. The number of nitrogens with zero attached hydrogens (tertiary/aromatic N) is 2. The van der Waals surface area contributed by atoms with Crippen molar-refractivity contribution in [2.45, 2.75) is 13.0 Å². The summed E-state index contributed by atoms with van der Waals surface area (Å²) in [5.74, 6) is 0.800. The third kappa shape index (κ3) is 2.64. The average molecular weight is 314 g/mol. The van der Waals surface area contributed by atoms with Crippen LogP contribution < -0.4 is 10.2 Å². The van der Waals surface area contributed by atoms with Gasteiger partial charge in [0.2, 0.25) is 5.91 Å². The van der Waals surface area contributed by atoms with Crippen LogP contribution in [0, 0.1) is 6.92 Å². The van der Waals surface area contributed by atoms with Gasteiger partial charge in [-0.15, -0.1) is 0 Å². The van der Waals surface area contributed by atoms with Crippen molar-refractivity contribution in [3.63, 3.8) is 0 Å². The summed E-state index contributed by atoms with van der Waals surface area (Å²) in [6, 6.07) is 1.69. The number of ether oxygens (including phenoxy) is 1. The number of halogens is 1. The summed E-state index contributed by atoms with van der Waals surface area (Å²) in [6.07, 6.45) is 1.75. The summed E-state index contributed by atoms with van der Waals surface area (Å²) >= 11 is 3.39. The maximum atomic E-state index is 11.9. The van der Waals surface area contributed by atoms with E-state index < -0.39 is 0 Å². The van der Waals surface area contributed by atoms with Gasteiger partial charge in [0.15, 0.2) is 0 Å². The molecule has 2 rings (SSSR count). The highest BCUT2D eigenvalue weighted by Gasteiger charge is 2.30. The van der Waals surface area contributed by atoms with Crippen molar-refractivity contribution < 1.29 is 9.53 Å². The zero-order chi connectivity index (χ0) is 13.1. The molecule has 0 aliphatic carbocycles. The lowest BCUT2D eigenvalue weighted by atomic mass is 10.1. The van der Waals surface area contributed by atoms with E-state index in [1.54, 1.807) is 13.2 Å². The van der Waals surface area contributed by atoms with E-state index >= 15 is 0 Å². The lowest BCUT2D eigenvalue weighted by Gasteiger charge is -2.35. The van der Waals surface area contributed by atoms with Gasteiger partial charge in [0, 0.05) is 24.3 Å². The average Bonchev–Trinajstić information content (AvgIpc) is 2.38. The summed E-state index contributed by atoms with van der Waals surface area (Å²) in [4.78, 5) is 18.3. The number of morpholine rings is 1. The Morgan fingerprint density at radius 3 is 3.11 bits per heavy atom. The second-order valence-electron chi connectivity index (χ2n) is 4.19. The third-order valence-corrected chi connectivity index (χ3v) is 3.40. The molecule has 2 heterocycles. The highest BCUT2D eigenvalue weighted by molar-refractivity contribution is 9.10. The Hall–Kier alpha value is -1.14. The van der Waals surface area contributed by atoms with Crippen molar-refractivity contribution in [3.05, 3.63) is 22.3 Å². The molecule has 0 aromatic carbocycles. The molecule has 1 aromatic rings. The van der Waals surface area contributed by atoms with Gasteiger partial charge in [0.05, 0.1) is 13.2 Å². The number of hydrogen-bond acceptors (Lipinski definition) is 4. The number of aromatic nitrogens is 1. The first-order valence-corrected chi connectivity index (χ1v) is 6.61. The number of aryl methyl sites for hydroxylation is 1. The summed E-state index contributed by atoms with van der Waals surface area (Å²) in [5.41, 5.74) is 1.04. The van der Waals surface area contributed by atoms with Crippen molar-refractivity contribution in [2.75, 3.05) is 31.7 Å². The quantitative estimate of drug-likeness (QED) is 0.888. The first kappa shape index (κ1) is 13.3. The summed E-state index contributed by atoms with van der Waals surface area (Å²) in [5, 5.41) is 2.67. The van der Waals surface area contributed by atoms with Gasteiger partial charge < -0.3 is 15.0 Å². The summed E-state index contributed by atoms with van der Waals surface area (Å²) < 4.78 is 6.32. The molecule has 1 aliphatic heterocycles. The van der Waals surface area contributed by atoms with Gasteiger partial charge in [0.1, 0.15) is 11.9 Å². The van der Waals surface area contributed by atoms with Crippen LogP contribution in [0.4, 0.5) is 5.82 Å². The highest BCUT2D eigenvalue weighted by Crippen LogP contribution is 2.24. The fourth-order valence-corrected chi connectivity index (χ4v) is 2.52. The largest absolute Gasteiger partial charge is 0.377 e. The van der Waals surface area contributed by atoms with Crippen LogP contribution >= 0.6 is 15.9 Å². The van der Waals surface area contributed by atoms with Gasteiger partial charge in [-0.2, -0.15) is 0 Å². The highest BCUT2D eigenvalue weighted by atomic mass is 79.9. The molecule has 1 saturated heterocycles. The second-order valence-corrected chi connectivity index (χ2v) is 5.11. The van der Waals surface area contributed by atoms with Gasteiger partial charge in [-0.25, -0.2) is 4.98 Å². The van der Waals surface area contributed by atoms with Gasteiger partial charge in [-0.1, -0.05) is 0 Å². The Morgan fingerprint density at radius 2 is 2.44 bits per heavy atom. The van der Waals surface area contributed by atoms with Crippen molar-refractivity contribution in [1.82, 2.24) is 10.3 Å². The Bertz CT molecular complexity index is 453. The van der Waals surface area contributed by atoms with Crippen LogP contribution in [0.2, 0.25) is 0 Å². The zero-order valence-corrected chi connectivity index (χ0v) is 12.0. The number of amides is 1. The summed E-state index contributed by atoms with van der Waals surface area (Å²) in [6.45, 7) is 3.68. The molecule has 1 atom stereocenters. The van der Waals surface area contributed by atoms with Crippen molar-refractivity contribution >= 4 is 27.7 Å². The molecule has 0 spiro atoms. The number of pyridine rings is 1. The molecule has 0 radical (unpaired) electrons. The first-order chi connectivity index (χ1) is 8.63. The predicted molar refractivity (Wildman–Crippen MR) is 72.7 cm³/mol. The van der Waals surface area contributed by atoms with E-state index in [0.29, 0.717) is 19.8 Å². The predicted octanol–water partition coefficient (Wildman–Crippen LogP) is 1.10. The topological polar surface area (TPSA) is 54.5 Å².